The monoisotopic (exact) mass is 432 g/mol. The van der Waals surface area contributed by atoms with E-state index in [1.54, 1.807) is 0 Å². The molecule has 0 aromatic heterocycles. The molecule has 3 heterocycles. The molecule has 0 N–H and O–H groups in total. The van der Waals surface area contributed by atoms with Crippen LogP contribution >= 0.6 is 0 Å². The van der Waals surface area contributed by atoms with Gasteiger partial charge in [0.25, 0.3) is 0 Å². The van der Waals surface area contributed by atoms with Gasteiger partial charge in [-0.2, -0.15) is 0 Å². The molecule has 172 valence electrons. The largest absolute Gasteiger partial charge is 0.443 e. The maximum Gasteiger partial charge on any atom is 0.410 e. The molecular weight excluding hydrogens is 396 g/mol. The minimum absolute atomic E-state index is 0.0577. The third-order valence-electron chi connectivity index (χ3n) is 6.46. The highest BCUT2D eigenvalue weighted by atomic mass is 16.6. The van der Waals surface area contributed by atoms with E-state index >= 15 is 0 Å². The van der Waals surface area contributed by atoms with Crippen molar-refractivity contribution >= 4 is 11.8 Å². The summed E-state index contributed by atoms with van der Waals surface area (Å²) >= 11 is 0. The van der Waals surface area contributed by atoms with Crippen LogP contribution < -0.4 is 4.90 Å². The predicted molar refractivity (Wildman–Crippen MR) is 120 cm³/mol. The van der Waals surface area contributed by atoms with Crippen molar-refractivity contribution in [3.8, 4) is 0 Å². The first-order valence-corrected chi connectivity index (χ1v) is 11.4. The van der Waals surface area contributed by atoms with Crippen LogP contribution in [0.4, 0.5) is 10.5 Å². The van der Waals surface area contributed by atoms with E-state index in [0.717, 1.165) is 39.3 Å². The Kier molecular flexibility index (Phi) is 7.66. The van der Waals surface area contributed by atoms with Crippen molar-refractivity contribution in [1.82, 2.24) is 14.7 Å². The van der Waals surface area contributed by atoms with Crippen molar-refractivity contribution in [2.24, 2.45) is 0 Å². The average Bonchev–Trinajstić information content (AvgIpc) is 2.79. The van der Waals surface area contributed by atoms with Crippen molar-refractivity contribution < 1.29 is 19.0 Å². The summed E-state index contributed by atoms with van der Waals surface area (Å²) in [6.07, 6.45) is 0.0579. The Morgan fingerprint density at radius 2 is 1.65 bits per heavy atom. The molecule has 3 aliphatic heterocycles. The zero-order valence-electron chi connectivity index (χ0n) is 18.8. The fraction of sp³-hybridized carbons (Fsp3) is 0.696. The highest BCUT2D eigenvalue weighted by molar-refractivity contribution is 5.68. The normalized spacial score (nSPS) is 27.2. The minimum Gasteiger partial charge on any atom is -0.443 e. The van der Waals surface area contributed by atoms with Crippen LogP contribution in [-0.4, -0.2) is 119 Å². The van der Waals surface area contributed by atoms with E-state index in [9.17, 15) is 4.79 Å². The van der Waals surface area contributed by atoms with Crippen molar-refractivity contribution in [1.29, 1.82) is 0 Å². The van der Waals surface area contributed by atoms with Crippen molar-refractivity contribution in [3.63, 3.8) is 0 Å². The molecule has 1 aromatic carbocycles. The average molecular weight is 433 g/mol. The molecule has 0 radical (unpaired) electrons. The van der Waals surface area contributed by atoms with Crippen LogP contribution in [0, 0.1) is 0 Å². The molecule has 31 heavy (non-hydrogen) atoms. The fourth-order valence-corrected chi connectivity index (χ4v) is 4.57. The number of carbonyl (C=O) groups excluding carboxylic acids is 1. The van der Waals surface area contributed by atoms with E-state index in [2.05, 4.69) is 40.9 Å². The van der Waals surface area contributed by atoms with E-state index in [-0.39, 0.29) is 24.4 Å². The van der Waals surface area contributed by atoms with Crippen molar-refractivity contribution in [2.75, 3.05) is 84.6 Å². The summed E-state index contributed by atoms with van der Waals surface area (Å²) in [6.45, 7) is 7.78. The molecule has 0 saturated carbocycles. The predicted octanol–water partition coefficient (Wildman–Crippen LogP) is 1.37. The SMILES string of the molecule is CN1CCO[C@@H](CC(OC(=O)N2CCN(c3ccccc3)CC2)[C@@H]2CN(C)CCO2)C1. The number of hydrogen-bond acceptors (Lipinski definition) is 7. The van der Waals surface area contributed by atoms with Gasteiger partial charge in [0.1, 0.15) is 12.2 Å². The number of carbonyl (C=O) groups is 1. The van der Waals surface area contributed by atoms with Crippen LogP contribution in [-0.2, 0) is 14.2 Å². The van der Waals surface area contributed by atoms with Gasteiger partial charge in [0, 0.05) is 64.5 Å². The van der Waals surface area contributed by atoms with E-state index in [4.69, 9.17) is 14.2 Å². The molecule has 0 spiro atoms. The molecule has 1 amide bonds. The Balaban J connectivity index is 1.35. The molecule has 0 bridgehead atoms. The number of rotatable bonds is 5. The zero-order valence-corrected chi connectivity index (χ0v) is 18.8. The van der Waals surface area contributed by atoms with Crippen LogP contribution in [0.2, 0.25) is 0 Å². The first-order chi connectivity index (χ1) is 15.1. The summed E-state index contributed by atoms with van der Waals surface area (Å²) < 4.78 is 18.1. The van der Waals surface area contributed by atoms with E-state index in [1.165, 1.54) is 5.69 Å². The van der Waals surface area contributed by atoms with Gasteiger partial charge >= 0.3 is 6.09 Å². The Morgan fingerprint density at radius 3 is 2.32 bits per heavy atom. The summed E-state index contributed by atoms with van der Waals surface area (Å²) in [4.78, 5) is 21.7. The first-order valence-electron chi connectivity index (χ1n) is 11.4. The molecule has 3 aliphatic rings. The van der Waals surface area contributed by atoms with Gasteiger partial charge in [-0.25, -0.2) is 4.79 Å². The highest BCUT2D eigenvalue weighted by Gasteiger charge is 2.35. The summed E-state index contributed by atoms with van der Waals surface area (Å²) in [7, 11) is 4.19. The molecule has 1 aromatic rings. The Hall–Kier alpha value is -1.87. The summed E-state index contributed by atoms with van der Waals surface area (Å²) in [6, 6.07) is 10.3. The van der Waals surface area contributed by atoms with Gasteiger partial charge in [0.15, 0.2) is 0 Å². The summed E-state index contributed by atoms with van der Waals surface area (Å²) in [5, 5.41) is 0. The maximum absolute atomic E-state index is 13.0. The number of benzene rings is 1. The van der Waals surface area contributed by atoms with Gasteiger partial charge in [-0.15, -0.1) is 0 Å². The van der Waals surface area contributed by atoms with Crippen molar-refractivity contribution in [2.45, 2.75) is 24.7 Å². The van der Waals surface area contributed by atoms with E-state index in [0.29, 0.717) is 32.7 Å². The maximum atomic E-state index is 13.0. The number of likely N-dealkylation sites (N-methyl/N-ethyl adjacent to an activating group) is 2. The molecule has 8 heteroatoms. The number of anilines is 1. The van der Waals surface area contributed by atoms with Crippen LogP contribution in [0.1, 0.15) is 6.42 Å². The van der Waals surface area contributed by atoms with Crippen LogP contribution in [0.3, 0.4) is 0 Å². The second kappa shape index (κ2) is 10.6. The Bertz CT molecular complexity index is 698. The van der Waals surface area contributed by atoms with Gasteiger partial charge in [0.05, 0.1) is 19.3 Å². The Morgan fingerprint density at radius 1 is 0.968 bits per heavy atom. The van der Waals surface area contributed by atoms with Gasteiger partial charge < -0.3 is 33.8 Å². The first kappa shape index (κ1) is 22.3. The topological polar surface area (TPSA) is 57.7 Å². The molecule has 3 atom stereocenters. The van der Waals surface area contributed by atoms with Gasteiger partial charge in [-0.3, -0.25) is 0 Å². The summed E-state index contributed by atoms with van der Waals surface area (Å²) in [5.74, 6) is 0. The lowest BCUT2D eigenvalue weighted by molar-refractivity contribution is -0.114. The zero-order chi connectivity index (χ0) is 21.6. The molecule has 3 saturated heterocycles. The third-order valence-corrected chi connectivity index (χ3v) is 6.46. The van der Waals surface area contributed by atoms with Crippen LogP contribution in [0.25, 0.3) is 0 Å². The second-order valence-electron chi connectivity index (χ2n) is 8.89. The Labute approximate surface area is 185 Å². The number of nitrogens with zero attached hydrogens (tertiary/aromatic N) is 4. The van der Waals surface area contributed by atoms with Crippen molar-refractivity contribution in [3.05, 3.63) is 30.3 Å². The number of para-hydroxylation sites is 1. The van der Waals surface area contributed by atoms with Crippen LogP contribution in [0.15, 0.2) is 30.3 Å². The minimum atomic E-state index is -0.307. The smallest absolute Gasteiger partial charge is 0.410 e. The summed E-state index contributed by atoms with van der Waals surface area (Å²) in [5.41, 5.74) is 1.20. The lowest BCUT2D eigenvalue weighted by Crippen LogP contribution is -2.53. The molecule has 8 nitrogen and oxygen atoms in total. The quantitative estimate of drug-likeness (QED) is 0.696. The third kappa shape index (κ3) is 6.10. The standard InChI is InChI=1S/C23H36N4O4/c1-24-12-14-29-20(17-24)16-21(22-18-25(2)13-15-30-22)31-23(28)27-10-8-26(9-11-27)19-6-4-3-5-7-19/h3-7,20-22H,8-18H2,1-2H3/t20-,21?,22-/m0/s1. The van der Waals surface area contributed by atoms with Crippen LogP contribution in [0.5, 0.6) is 0 Å². The van der Waals surface area contributed by atoms with Gasteiger partial charge in [-0.05, 0) is 26.2 Å². The fourth-order valence-electron chi connectivity index (χ4n) is 4.57. The number of hydrogen-bond donors (Lipinski definition) is 0. The number of morpholine rings is 2. The number of amides is 1. The molecule has 0 aliphatic carbocycles. The molecule has 1 unspecified atom stereocenters. The number of piperazine rings is 1. The highest BCUT2D eigenvalue weighted by Crippen LogP contribution is 2.21. The lowest BCUT2D eigenvalue weighted by atomic mass is 10.0. The van der Waals surface area contributed by atoms with E-state index in [1.807, 2.05) is 23.1 Å². The molecular formula is C23H36N4O4. The molecule has 3 fully saturated rings. The van der Waals surface area contributed by atoms with E-state index < -0.39 is 0 Å². The van der Waals surface area contributed by atoms with Gasteiger partial charge in [-0.1, -0.05) is 18.2 Å². The van der Waals surface area contributed by atoms with Gasteiger partial charge in [0.2, 0.25) is 0 Å². The lowest BCUT2D eigenvalue weighted by Gasteiger charge is -2.40. The second-order valence-corrected chi connectivity index (χ2v) is 8.89. The molecule has 4 rings (SSSR count). The number of ether oxygens (including phenoxy) is 3.